The molecule has 2 N–H and O–H groups in total. The molecule has 0 unspecified atom stereocenters. The van der Waals surface area contributed by atoms with Crippen LogP contribution in [0.3, 0.4) is 0 Å². The van der Waals surface area contributed by atoms with Crippen LogP contribution in [0.4, 0.5) is 4.39 Å². The van der Waals surface area contributed by atoms with Crippen LogP contribution in [0.2, 0.25) is 0 Å². The van der Waals surface area contributed by atoms with E-state index in [-0.39, 0.29) is 9.03 Å². The number of fused-ring (bicyclic) bond motifs is 1. The molecule has 2 aromatic rings. The van der Waals surface area contributed by atoms with Gasteiger partial charge in [-0.15, -0.1) is 11.3 Å². The minimum Gasteiger partial charge on any atom is -0.423 e. The Balaban J connectivity index is 2.86. The summed E-state index contributed by atoms with van der Waals surface area (Å²) in [5.74, 6) is -0.417. The molecule has 72 valence electrons. The van der Waals surface area contributed by atoms with Crippen molar-refractivity contribution in [2.45, 2.75) is 0 Å². The highest BCUT2D eigenvalue weighted by molar-refractivity contribution is 14.1. The molecule has 0 amide bonds. The van der Waals surface area contributed by atoms with Gasteiger partial charge >= 0.3 is 7.12 Å². The van der Waals surface area contributed by atoms with E-state index in [1.165, 1.54) is 17.4 Å². The van der Waals surface area contributed by atoms with E-state index in [4.69, 9.17) is 10.0 Å². The van der Waals surface area contributed by atoms with E-state index in [0.29, 0.717) is 5.39 Å². The van der Waals surface area contributed by atoms with E-state index in [9.17, 15) is 4.39 Å². The molecular weight excluding hydrogens is 317 g/mol. The van der Waals surface area contributed by atoms with Crippen molar-refractivity contribution in [1.82, 2.24) is 0 Å². The zero-order valence-corrected chi connectivity index (χ0v) is 9.84. The fourth-order valence-corrected chi connectivity index (χ4v) is 3.15. The van der Waals surface area contributed by atoms with Crippen LogP contribution in [0.5, 0.6) is 0 Å². The fraction of sp³-hybridized carbons (Fsp3) is 0. The van der Waals surface area contributed by atoms with Gasteiger partial charge in [0.15, 0.2) is 0 Å². The summed E-state index contributed by atoms with van der Waals surface area (Å²) >= 11 is 3.15. The predicted octanol–water partition coefficient (Wildman–Crippen LogP) is 1.32. The molecule has 0 saturated carbocycles. The van der Waals surface area contributed by atoms with E-state index in [2.05, 4.69) is 0 Å². The van der Waals surface area contributed by atoms with Crippen LogP contribution in [-0.4, -0.2) is 17.2 Å². The standard InChI is InChI=1S/C8H5BFIO2S/c10-5-3-4-1-2-14-8(4)6(7(5)11)9(12)13/h1-3,12-13H. The molecule has 0 aliphatic carbocycles. The van der Waals surface area contributed by atoms with Gasteiger partial charge in [-0.05, 0) is 45.5 Å². The van der Waals surface area contributed by atoms with Crippen molar-refractivity contribution >= 4 is 56.6 Å². The van der Waals surface area contributed by atoms with E-state index in [0.717, 1.165) is 4.70 Å². The number of benzene rings is 1. The second kappa shape index (κ2) is 3.76. The van der Waals surface area contributed by atoms with Crippen molar-refractivity contribution in [2.75, 3.05) is 0 Å². The fourth-order valence-electron chi connectivity index (χ4n) is 1.31. The van der Waals surface area contributed by atoms with Crippen LogP contribution in [0.15, 0.2) is 17.5 Å². The van der Waals surface area contributed by atoms with Crippen molar-refractivity contribution in [1.29, 1.82) is 0 Å². The molecule has 0 aliphatic rings. The molecule has 0 atom stereocenters. The van der Waals surface area contributed by atoms with Gasteiger partial charge in [0.05, 0.1) is 3.57 Å². The maximum Gasteiger partial charge on any atom is 0.491 e. The minimum atomic E-state index is -1.63. The maximum atomic E-state index is 13.3. The van der Waals surface area contributed by atoms with Crippen LogP contribution in [-0.2, 0) is 0 Å². The van der Waals surface area contributed by atoms with Crippen LogP contribution >= 0.6 is 33.9 Å². The summed E-state index contributed by atoms with van der Waals surface area (Å²) in [6, 6.07) is 3.16. The van der Waals surface area contributed by atoms with E-state index >= 15 is 0 Å². The molecule has 2 nitrogen and oxygen atoms in total. The summed E-state index contributed by atoms with van der Waals surface area (Å²) in [5.41, 5.74) is 0.260. The van der Waals surface area contributed by atoms with Gasteiger partial charge < -0.3 is 10.0 Å². The Bertz CT molecular complexity index is 485. The first-order chi connectivity index (χ1) is 6.61. The second-order valence-corrected chi connectivity index (χ2v) is 4.79. The third kappa shape index (κ3) is 1.56. The van der Waals surface area contributed by atoms with Gasteiger partial charge in [-0.2, -0.15) is 0 Å². The maximum absolute atomic E-state index is 13.3. The zero-order chi connectivity index (χ0) is 10.3. The molecule has 0 saturated heterocycles. The molecule has 0 fully saturated rings. The molecule has 1 aromatic carbocycles. The Morgan fingerprint density at radius 1 is 1.43 bits per heavy atom. The van der Waals surface area contributed by atoms with Gasteiger partial charge in [0.25, 0.3) is 0 Å². The number of thiophene rings is 1. The third-order valence-corrected chi connectivity index (χ3v) is 3.99. The highest BCUT2D eigenvalue weighted by atomic mass is 127. The van der Waals surface area contributed by atoms with Crippen molar-refractivity contribution < 1.29 is 14.4 Å². The van der Waals surface area contributed by atoms with Gasteiger partial charge in [-0.25, -0.2) is 4.39 Å². The van der Waals surface area contributed by atoms with Gasteiger partial charge in [-0.3, -0.25) is 0 Å². The lowest BCUT2D eigenvalue weighted by Gasteiger charge is -2.05. The largest absolute Gasteiger partial charge is 0.491 e. The first-order valence-electron chi connectivity index (χ1n) is 3.82. The summed E-state index contributed by atoms with van der Waals surface area (Å²) in [6.45, 7) is 0. The van der Waals surface area contributed by atoms with E-state index in [1.807, 2.05) is 0 Å². The summed E-state index contributed by atoms with van der Waals surface area (Å²) < 4.78 is 14.3. The Morgan fingerprint density at radius 3 is 2.79 bits per heavy atom. The Morgan fingerprint density at radius 2 is 2.14 bits per heavy atom. The van der Waals surface area contributed by atoms with Gasteiger partial charge in [0, 0.05) is 10.2 Å². The Labute approximate surface area is 97.7 Å². The SMILES string of the molecule is OB(O)c1c(I)c(F)cc2ccsc12. The van der Waals surface area contributed by atoms with Crippen molar-refractivity contribution in [3.8, 4) is 0 Å². The molecule has 1 heterocycles. The highest BCUT2D eigenvalue weighted by Gasteiger charge is 2.22. The molecule has 0 radical (unpaired) electrons. The molecule has 2 rings (SSSR count). The topological polar surface area (TPSA) is 40.5 Å². The summed E-state index contributed by atoms with van der Waals surface area (Å²) in [7, 11) is -1.63. The first-order valence-corrected chi connectivity index (χ1v) is 5.78. The van der Waals surface area contributed by atoms with Gasteiger partial charge in [0.1, 0.15) is 5.82 Å². The molecule has 1 aromatic heterocycles. The summed E-state index contributed by atoms with van der Waals surface area (Å²) in [4.78, 5) is 0. The number of halogens is 2. The summed E-state index contributed by atoms with van der Waals surface area (Å²) in [5, 5.41) is 20.8. The molecule has 14 heavy (non-hydrogen) atoms. The van der Waals surface area contributed by atoms with Crippen LogP contribution in [0.1, 0.15) is 0 Å². The average molecular weight is 322 g/mol. The number of hydrogen-bond donors (Lipinski definition) is 2. The Kier molecular flexibility index (Phi) is 2.78. The molecule has 0 aliphatic heterocycles. The lowest BCUT2D eigenvalue weighted by molar-refractivity contribution is 0.425. The molecule has 0 bridgehead atoms. The van der Waals surface area contributed by atoms with E-state index < -0.39 is 12.9 Å². The van der Waals surface area contributed by atoms with Crippen LogP contribution in [0.25, 0.3) is 10.1 Å². The van der Waals surface area contributed by atoms with Crippen LogP contribution < -0.4 is 5.46 Å². The third-order valence-electron chi connectivity index (χ3n) is 1.93. The Hall–Kier alpha value is -0.175. The normalized spacial score (nSPS) is 10.9. The number of hydrogen-bond acceptors (Lipinski definition) is 3. The highest BCUT2D eigenvalue weighted by Crippen LogP contribution is 2.23. The quantitative estimate of drug-likeness (QED) is 0.614. The number of rotatable bonds is 1. The van der Waals surface area contributed by atoms with Gasteiger partial charge in [-0.1, -0.05) is 0 Å². The van der Waals surface area contributed by atoms with E-state index in [1.54, 1.807) is 34.0 Å². The molecule has 0 spiro atoms. The van der Waals surface area contributed by atoms with Crippen LogP contribution in [0, 0.1) is 9.39 Å². The first kappa shape index (κ1) is 10.3. The second-order valence-electron chi connectivity index (χ2n) is 2.80. The van der Waals surface area contributed by atoms with Crippen molar-refractivity contribution in [3.05, 3.63) is 26.9 Å². The molecule has 6 heteroatoms. The smallest absolute Gasteiger partial charge is 0.423 e. The van der Waals surface area contributed by atoms with Crippen molar-refractivity contribution in [3.63, 3.8) is 0 Å². The zero-order valence-electron chi connectivity index (χ0n) is 6.87. The minimum absolute atomic E-state index is 0.260. The predicted molar refractivity (Wildman–Crippen MR) is 64.3 cm³/mol. The lowest BCUT2D eigenvalue weighted by Crippen LogP contribution is -2.33. The monoisotopic (exact) mass is 322 g/mol. The molecular formula is C8H5BFIO2S. The average Bonchev–Trinajstić information content (AvgIpc) is 2.52. The summed E-state index contributed by atoms with van der Waals surface area (Å²) in [6.07, 6.45) is 0. The van der Waals surface area contributed by atoms with Crippen molar-refractivity contribution in [2.24, 2.45) is 0 Å². The lowest BCUT2D eigenvalue weighted by atomic mass is 9.80. The van der Waals surface area contributed by atoms with Gasteiger partial charge in [0.2, 0.25) is 0 Å².